The van der Waals surface area contributed by atoms with Gasteiger partial charge in [0.2, 0.25) is 5.91 Å². The number of nitrogens with two attached hydrogens (primary N) is 1. The number of primary amides is 1. The second-order valence-electron chi connectivity index (χ2n) is 2.67. The Labute approximate surface area is 102 Å². The van der Waals surface area contributed by atoms with Crippen LogP contribution in [0, 0.1) is 25.7 Å². The van der Waals surface area contributed by atoms with Gasteiger partial charge in [0.05, 0.1) is 0 Å². The van der Waals surface area contributed by atoms with E-state index in [9.17, 15) is 9.18 Å². The summed E-state index contributed by atoms with van der Waals surface area (Å²) in [6.45, 7) is 3.29. The quantitative estimate of drug-likeness (QED) is 0.756. The molecule has 0 spiro atoms. The average Bonchev–Trinajstić information content (AvgIpc) is 1.96. The van der Waals surface area contributed by atoms with E-state index >= 15 is 0 Å². The molecule has 0 aliphatic rings. The molecule has 0 bridgehead atoms. The van der Waals surface area contributed by atoms with Crippen LogP contribution in [-0.4, -0.2) is 5.91 Å². The molecule has 1 rings (SSSR count). The van der Waals surface area contributed by atoms with Crippen LogP contribution >= 0.6 is 0 Å². The van der Waals surface area contributed by atoms with Gasteiger partial charge >= 0.3 is 0 Å². The Morgan fingerprint density at radius 1 is 1.54 bits per heavy atom. The number of halogens is 1. The molecule has 67 valence electrons. The van der Waals surface area contributed by atoms with E-state index in [0.717, 1.165) is 0 Å². The van der Waals surface area contributed by atoms with Gasteiger partial charge in [0.15, 0.2) is 0 Å². The topological polar surface area (TPSA) is 43.1 Å². The summed E-state index contributed by atoms with van der Waals surface area (Å²) in [5.74, 6) is -1.32. The first-order valence-corrected chi connectivity index (χ1v) is 3.51. The first-order chi connectivity index (χ1) is 5.52. The summed E-state index contributed by atoms with van der Waals surface area (Å²) in [7, 11) is 0. The zero-order chi connectivity index (χ0) is 9.30. The fourth-order valence-electron chi connectivity index (χ4n) is 1.05. The van der Waals surface area contributed by atoms with Crippen molar-refractivity contribution < 1.29 is 41.9 Å². The van der Waals surface area contributed by atoms with Crippen molar-refractivity contribution in [3.05, 3.63) is 34.6 Å². The SMILES string of the molecule is Cc1[c-]c(C)c(F)c(C(N)=O)c1.[Y]. The first-order valence-electron chi connectivity index (χ1n) is 3.51. The van der Waals surface area contributed by atoms with E-state index in [4.69, 9.17) is 5.73 Å². The summed E-state index contributed by atoms with van der Waals surface area (Å²) in [6.07, 6.45) is 0. The maximum atomic E-state index is 13.1. The van der Waals surface area contributed by atoms with Crippen LogP contribution in [0.5, 0.6) is 0 Å². The van der Waals surface area contributed by atoms with Crippen LogP contribution < -0.4 is 5.73 Å². The normalized spacial score (nSPS) is 9.15. The number of amides is 1. The van der Waals surface area contributed by atoms with Gasteiger partial charge in [-0.1, -0.05) is 13.8 Å². The molecule has 2 N–H and O–H groups in total. The number of carbonyl (C=O) groups is 1. The average molecular weight is 255 g/mol. The number of benzene rings is 1. The van der Waals surface area contributed by atoms with Crippen molar-refractivity contribution in [2.45, 2.75) is 13.8 Å². The Morgan fingerprint density at radius 3 is 2.54 bits per heavy atom. The Kier molecular flexibility index (Phi) is 4.72. The molecule has 1 radical (unpaired) electrons. The number of rotatable bonds is 1. The molecule has 0 aliphatic heterocycles. The van der Waals surface area contributed by atoms with E-state index < -0.39 is 11.7 Å². The summed E-state index contributed by atoms with van der Waals surface area (Å²) in [4.78, 5) is 10.7. The van der Waals surface area contributed by atoms with Crippen molar-refractivity contribution in [2.24, 2.45) is 5.73 Å². The van der Waals surface area contributed by atoms with Crippen LogP contribution in [0.4, 0.5) is 4.39 Å². The molecule has 0 aliphatic carbocycles. The van der Waals surface area contributed by atoms with E-state index in [-0.39, 0.29) is 38.3 Å². The third kappa shape index (κ3) is 2.85. The molecule has 0 saturated carbocycles. The van der Waals surface area contributed by atoms with Crippen molar-refractivity contribution >= 4 is 5.91 Å². The minimum Gasteiger partial charge on any atom is -0.367 e. The Bertz CT molecular complexity index is 339. The smallest absolute Gasteiger partial charge is 0.227 e. The van der Waals surface area contributed by atoms with Crippen LogP contribution in [0.2, 0.25) is 0 Å². The van der Waals surface area contributed by atoms with Crippen LogP contribution in [0.3, 0.4) is 0 Å². The first kappa shape index (κ1) is 12.7. The van der Waals surface area contributed by atoms with Crippen molar-refractivity contribution in [1.82, 2.24) is 0 Å². The standard InChI is InChI=1S/C9H9FNO.Y/c1-5-3-6(2)8(10)7(4-5)9(11)12;/h4H,1-2H3,(H2,11,12);/q-1;. The molecule has 0 atom stereocenters. The molecule has 1 aromatic rings. The monoisotopic (exact) mass is 255 g/mol. The molecule has 0 unspecified atom stereocenters. The van der Waals surface area contributed by atoms with Crippen LogP contribution in [-0.2, 0) is 32.7 Å². The van der Waals surface area contributed by atoms with E-state index in [2.05, 4.69) is 6.07 Å². The maximum Gasteiger partial charge on any atom is 0.227 e. The van der Waals surface area contributed by atoms with E-state index in [1.54, 1.807) is 13.8 Å². The van der Waals surface area contributed by atoms with Crippen molar-refractivity contribution in [2.75, 3.05) is 0 Å². The minimum absolute atomic E-state index is 0. The van der Waals surface area contributed by atoms with Gasteiger partial charge in [0, 0.05) is 38.5 Å². The van der Waals surface area contributed by atoms with Gasteiger partial charge in [-0.3, -0.25) is 9.18 Å². The fraction of sp³-hybridized carbons (Fsp3) is 0.222. The van der Waals surface area contributed by atoms with Crippen LogP contribution in [0.25, 0.3) is 0 Å². The van der Waals surface area contributed by atoms with Crippen LogP contribution in [0.15, 0.2) is 6.07 Å². The Balaban J connectivity index is 0.00000144. The van der Waals surface area contributed by atoms with Gasteiger partial charge in [0.25, 0.3) is 0 Å². The molecule has 13 heavy (non-hydrogen) atoms. The van der Waals surface area contributed by atoms with E-state index in [0.29, 0.717) is 11.1 Å². The predicted octanol–water partition coefficient (Wildman–Crippen LogP) is 1.34. The van der Waals surface area contributed by atoms with Crippen molar-refractivity contribution in [1.29, 1.82) is 0 Å². The molecule has 0 fully saturated rings. The summed E-state index contributed by atoms with van der Waals surface area (Å²) in [5.41, 5.74) is 5.93. The number of hydrogen-bond acceptors (Lipinski definition) is 1. The Morgan fingerprint density at radius 2 is 2.08 bits per heavy atom. The molecule has 0 aromatic heterocycles. The van der Waals surface area contributed by atoms with Gasteiger partial charge in [-0.05, 0) is 5.56 Å². The van der Waals surface area contributed by atoms with Crippen molar-refractivity contribution in [3.8, 4) is 0 Å². The minimum atomic E-state index is -0.743. The number of aryl methyl sites for hydroxylation is 2. The summed E-state index contributed by atoms with van der Waals surface area (Å²) < 4.78 is 13.1. The molecule has 0 saturated heterocycles. The summed E-state index contributed by atoms with van der Waals surface area (Å²) >= 11 is 0. The van der Waals surface area contributed by atoms with E-state index in [1.165, 1.54) is 6.07 Å². The zero-order valence-electron chi connectivity index (χ0n) is 7.52. The van der Waals surface area contributed by atoms with Gasteiger partial charge in [0.1, 0.15) is 0 Å². The molecule has 1 amide bonds. The largest absolute Gasteiger partial charge is 0.367 e. The van der Waals surface area contributed by atoms with Gasteiger partial charge < -0.3 is 5.73 Å². The molecular weight excluding hydrogens is 246 g/mol. The summed E-state index contributed by atoms with van der Waals surface area (Å²) in [6, 6.07) is 4.14. The van der Waals surface area contributed by atoms with Crippen LogP contribution in [0.1, 0.15) is 21.5 Å². The molecule has 4 heteroatoms. The zero-order valence-corrected chi connectivity index (χ0v) is 10.4. The molecule has 0 heterocycles. The molecular formula is C9H9FNOY-. The van der Waals surface area contributed by atoms with E-state index in [1.807, 2.05) is 0 Å². The van der Waals surface area contributed by atoms with Gasteiger partial charge in [-0.25, -0.2) is 0 Å². The maximum absolute atomic E-state index is 13.1. The predicted molar refractivity (Wildman–Crippen MR) is 43.2 cm³/mol. The Hall–Kier alpha value is -0.276. The number of carbonyl (C=O) groups excluding carboxylic acids is 1. The third-order valence-electron chi connectivity index (χ3n) is 1.58. The summed E-state index contributed by atoms with van der Waals surface area (Å²) in [5, 5.41) is 0. The molecule has 1 aromatic carbocycles. The van der Waals surface area contributed by atoms with Gasteiger partial charge in [-0.2, -0.15) is 17.7 Å². The number of hydrogen-bond donors (Lipinski definition) is 1. The molecule has 2 nitrogen and oxygen atoms in total. The third-order valence-corrected chi connectivity index (χ3v) is 1.58. The fourth-order valence-corrected chi connectivity index (χ4v) is 1.05. The second-order valence-corrected chi connectivity index (χ2v) is 2.67. The van der Waals surface area contributed by atoms with Gasteiger partial charge in [-0.15, -0.1) is 5.56 Å². The second kappa shape index (κ2) is 4.82. The van der Waals surface area contributed by atoms with Crippen molar-refractivity contribution in [3.63, 3.8) is 0 Å².